The smallest absolute Gasteiger partial charge is 0.390 e. The summed E-state index contributed by atoms with van der Waals surface area (Å²) in [6.07, 6.45) is 0.423. The van der Waals surface area contributed by atoms with Crippen LogP contribution in [0, 0.1) is 11.3 Å². The number of alkyl halides is 3. The van der Waals surface area contributed by atoms with Crippen LogP contribution in [0.5, 0.6) is 0 Å². The molecule has 0 unspecified atom stereocenters. The predicted octanol–water partition coefficient (Wildman–Crippen LogP) is 4.86. The number of aliphatic hydroxyl groups is 1. The van der Waals surface area contributed by atoms with Crippen LogP contribution in [0.3, 0.4) is 0 Å². The van der Waals surface area contributed by atoms with Crippen molar-refractivity contribution in [3.63, 3.8) is 0 Å². The lowest BCUT2D eigenvalue weighted by molar-refractivity contribution is -0.137. The molecule has 134 valence electrons. The Kier molecular flexibility index (Phi) is 4.35. The van der Waals surface area contributed by atoms with E-state index < -0.39 is 17.3 Å². The van der Waals surface area contributed by atoms with Crippen molar-refractivity contribution in [1.29, 1.82) is 0 Å². The molecule has 5 heteroatoms. The largest absolute Gasteiger partial charge is 0.416 e. The fourth-order valence-corrected chi connectivity index (χ4v) is 4.22. The minimum absolute atomic E-state index is 0.212. The Morgan fingerprint density at radius 1 is 1.00 bits per heavy atom. The van der Waals surface area contributed by atoms with E-state index in [0.717, 1.165) is 50.9 Å². The van der Waals surface area contributed by atoms with Gasteiger partial charge in [0.05, 0.1) is 11.2 Å². The molecule has 0 bridgehead atoms. The Balaban J connectivity index is 1.66. The van der Waals surface area contributed by atoms with E-state index in [9.17, 15) is 18.3 Å². The fraction of sp³-hybridized carbons (Fsp3) is 0.684. The van der Waals surface area contributed by atoms with E-state index in [1.54, 1.807) is 12.1 Å². The molecule has 0 atom stereocenters. The van der Waals surface area contributed by atoms with Crippen LogP contribution in [0.4, 0.5) is 18.9 Å². The maximum absolute atomic E-state index is 12.7. The number of nitrogens with zero attached hydrogens (tertiary/aromatic N) is 1. The highest BCUT2D eigenvalue weighted by atomic mass is 19.4. The van der Waals surface area contributed by atoms with Crippen LogP contribution in [-0.4, -0.2) is 23.8 Å². The molecular weight excluding hydrogens is 315 g/mol. The molecule has 1 saturated carbocycles. The zero-order valence-electron chi connectivity index (χ0n) is 14.4. The van der Waals surface area contributed by atoms with Gasteiger partial charge in [-0.1, -0.05) is 13.8 Å². The molecule has 1 N–H and O–H groups in total. The number of rotatable bonds is 2. The third-order valence-electron chi connectivity index (χ3n) is 6.25. The summed E-state index contributed by atoms with van der Waals surface area (Å²) in [5.41, 5.74) is -0.0685. The molecule has 0 amide bonds. The summed E-state index contributed by atoms with van der Waals surface area (Å²) in [6.45, 7) is 5.90. The quantitative estimate of drug-likeness (QED) is 0.830. The van der Waals surface area contributed by atoms with Crippen LogP contribution in [0.2, 0.25) is 0 Å². The van der Waals surface area contributed by atoms with Crippen LogP contribution >= 0.6 is 0 Å². The second-order valence-corrected chi connectivity index (χ2v) is 7.97. The number of halogens is 3. The molecule has 1 aromatic rings. The Morgan fingerprint density at radius 2 is 1.58 bits per heavy atom. The molecule has 2 nitrogen and oxygen atoms in total. The number of benzene rings is 1. The lowest BCUT2D eigenvalue weighted by Gasteiger charge is -2.44. The molecule has 2 fully saturated rings. The molecule has 1 aliphatic heterocycles. The molecule has 1 saturated heterocycles. The van der Waals surface area contributed by atoms with Crippen LogP contribution in [0.25, 0.3) is 0 Å². The van der Waals surface area contributed by atoms with Crippen LogP contribution in [0.1, 0.15) is 51.5 Å². The van der Waals surface area contributed by atoms with Gasteiger partial charge >= 0.3 is 6.18 Å². The van der Waals surface area contributed by atoms with Gasteiger partial charge in [0.15, 0.2) is 0 Å². The molecule has 1 spiro atoms. The van der Waals surface area contributed by atoms with E-state index in [4.69, 9.17) is 0 Å². The van der Waals surface area contributed by atoms with Crippen LogP contribution in [-0.2, 0) is 6.18 Å². The summed E-state index contributed by atoms with van der Waals surface area (Å²) in [4.78, 5) is 2.19. The minimum Gasteiger partial charge on any atom is -0.390 e. The van der Waals surface area contributed by atoms with E-state index in [1.165, 1.54) is 12.1 Å². The van der Waals surface area contributed by atoms with Crippen molar-refractivity contribution >= 4 is 5.69 Å². The third-order valence-corrected chi connectivity index (χ3v) is 6.25. The lowest BCUT2D eigenvalue weighted by Crippen LogP contribution is -2.43. The molecular formula is C19H26F3NO. The van der Waals surface area contributed by atoms with Gasteiger partial charge in [-0.25, -0.2) is 0 Å². The molecule has 1 aliphatic carbocycles. The van der Waals surface area contributed by atoms with Gasteiger partial charge in [0, 0.05) is 18.8 Å². The van der Waals surface area contributed by atoms with Gasteiger partial charge in [-0.15, -0.1) is 0 Å². The minimum atomic E-state index is -4.28. The Morgan fingerprint density at radius 3 is 2.08 bits per heavy atom. The van der Waals surface area contributed by atoms with Gasteiger partial charge in [0.1, 0.15) is 0 Å². The van der Waals surface area contributed by atoms with Gasteiger partial charge in [-0.2, -0.15) is 13.2 Å². The van der Waals surface area contributed by atoms with Crippen molar-refractivity contribution in [2.75, 3.05) is 18.0 Å². The topological polar surface area (TPSA) is 23.5 Å². The average Bonchev–Trinajstić information content (AvgIpc) is 2.94. The second-order valence-electron chi connectivity index (χ2n) is 7.97. The molecule has 0 radical (unpaired) electrons. The van der Waals surface area contributed by atoms with E-state index in [1.807, 2.05) is 0 Å². The molecule has 1 heterocycles. The summed E-state index contributed by atoms with van der Waals surface area (Å²) < 4.78 is 38.0. The maximum atomic E-state index is 12.7. The van der Waals surface area contributed by atoms with Gasteiger partial charge in [-0.3, -0.25) is 0 Å². The van der Waals surface area contributed by atoms with Crippen molar-refractivity contribution in [1.82, 2.24) is 0 Å². The van der Waals surface area contributed by atoms with Crippen molar-refractivity contribution < 1.29 is 18.3 Å². The number of hydrogen-bond acceptors (Lipinski definition) is 2. The first-order chi connectivity index (χ1) is 11.1. The molecule has 3 rings (SSSR count). The predicted molar refractivity (Wildman–Crippen MR) is 89.0 cm³/mol. The summed E-state index contributed by atoms with van der Waals surface area (Å²) in [6, 6.07) is 5.49. The molecule has 1 aromatic carbocycles. The van der Waals surface area contributed by atoms with Crippen LogP contribution < -0.4 is 4.90 Å². The van der Waals surface area contributed by atoms with E-state index in [2.05, 4.69) is 18.7 Å². The van der Waals surface area contributed by atoms with E-state index >= 15 is 0 Å². The summed E-state index contributed by atoms with van der Waals surface area (Å²) in [5.74, 6) is 0.266. The average molecular weight is 341 g/mol. The number of hydrogen-bond donors (Lipinski definition) is 1. The zero-order valence-corrected chi connectivity index (χ0v) is 14.4. The number of anilines is 1. The van der Waals surface area contributed by atoms with Crippen LogP contribution in [0.15, 0.2) is 24.3 Å². The van der Waals surface area contributed by atoms with Crippen molar-refractivity contribution in [2.24, 2.45) is 11.3 Å². The first-order valence-electron chi connectivity index (χ1n) is 8.78. The van der Waals surface area contributed by atoms with Gasteiger partial charge < -0.3 is 10.0 Å². The summed E-state index contributed by atoms with van der Waals surface area (Å²) >= 11 is 0. The second kappa shape index (κ2) is 5.94. The highest BCUT2D eigenvalue weighted by molar-refractivity contribution is 5.49. The van der Waals surface area contributed by atoms with Gasteiger partial charge in [0.2, 0.25) is 0 Å². The Labute approximate surface area is 141 Å². The highest BCUT2D eigenvalue weighted by Gasteiger charge is 2.46. The molecule has 2 aliphatic rings. The van der Waals surface area contributed by atoms with Crippen molar-refractivity contribution in [3.8, 4) is 0 Å². The first kappa shape index (κ1) is 17.6. The monoisotopic (exact) mass is 341 g/mol. The van der Waals surface area contributed by atoms with Gasteiger partial charge in [0.25, 0.3) is 0 Å². The summed E-state index contributed by atoms with van der Waals surface area (Å²) in [7, 11) is 0. The van der Waals surface area contributed by atoms with Crippen molar-refractivity contribution in [2.45, 2.75) is 57.7 Å². The third kappa shape index (κ3) is 3.28. The zero-order chi connectivity index (χ0) is 17.6. The van der Waals surface area contributed by atoms with E-state index in [0.29, 0.717) is 0 Å². The fourth-order valence-electron chi connectivity index (χ4n) is 4.22. The van der Waals surface area contributed by atoms with Gasteiger partial charge in [-0.05, 0) is 67.7 Å². The molecule has 0 aromatic heterocycles. The molecule has 24 heavy (non-hydrogen) atoms. The highest BCUT2D eigenvalue weighted by Crippen LogP contribution is 2.49. The van der Waals surface area contributed by atoms with Crippen molar-refractivity contribution in [3.05, 3.63) is 29.8 Å². The van der Waals surface area contributed by atoms with E-state index in [-0.39, 0.29) is 11.3 Å². The summed E-state index contributed by atoms with van der Waals surface area (Å²) in [5, 5.41) is 10.7. The maximum Gasteiger partial charge on any atom is 0.416 e. The standard InChI is InChI=1S/C19H26F3NO/c1-14(2)18(24)9-7-17(8-10-18)11-12-23(13-17)16-5-3-15(4-6-16)19(20,21)22/h3-6,14,24H,7-13H2,1-2H3/t17-,18+. The first-order valence-corrected chi connectivity index (χ1v) is 8.78. The lowest BCUT2D eigenvalue weighted by atomic mass is 9.65. The SMILES string of the molecule is CC(C)[C@]1(O)CC[C@]2(CCN(c3ccc(C(F)(F)F)cc3)C2)CC1. The normalized spacial score (nSPS) is 31.2. The Bertz CT molecular complexity index is 571. The Hall–Kier alpha value is -1.23.